The van der Waals surface area contributed by atoms with Gasteiger partial charge in [-0.3, -0.25) is 0 Å². The SMILES string of the molecule is Nc1nn2c(-c3ccccc3Br)nnc2s1. The maximum absolute atomic E-state index is 5.63. The van der Waals surface area contributed by atoms with E-state index in [4.69, 9.17) is 5.73 Å². The number of anilines is 1. The van der Waals surface area contributed by atoms with Crippen molar-refractivity contribution in [3.05, 3.63) is 28.7 Å². The summed E-state index contributed by atoms with van der Waals surface area (Å²) >= 11 is 4.79. The maximum atomic E-state index is 5.63. The molecule has 5 nitrogen and oxygen atoms in total. The molecule has 0 spiro atoms. The first-order chi connectivity index (χ1) is 7.75. The molecule has 2 N–H and O–H groups in total. The van der Waals surface area contributed by atoms with Gasteiger partial charge in [0.05, 0.1) is 0 Å². The van der Waals surface area contributed by atoms with Crippen molar-refractivity contribution >= 4 is 37.4 Å². The lowest BCUT2D eigenvalue weighted by Crippen LogP contribution is -1.92. The molecule has 0 aliphatic heterocycles. The van der Waals surface area contributed by atoms with E-state index < -0.39 is 0 Å². The fraction of sp³-hybridized carbons (Fsp3) is 0. The van der Waals surface area contributed by atoms with Crippen molar-refractivity contribution < 1.29 is 0 Å². The van der Waals surface area contributed by atoms with Crippen LogP contribution in [0.5, 0.6) is 0 Å². The number of rotatable bonds is 1. The predicted molar refractivity (Wildman–Crippen MR) is 66.2 cm³/mol. The normalized spacial score (nSPS) is 11.1. The highest BCUT2D eigenvalue weighted by atomic mass is 79.9. The molecule has 7 heteroatoms. The Morgan fingerprint density at radius 3 is 2.88 bits per heavy atom. The van der Waals surface area contributed by atoms with Crippen molar-refractivity contribution in [2.75, 3.05) is 5.73 Å². The smallest absolute Gasteiger partial charge is 0.236 e. The van der Waals surface area contributed by atoms with Crippen LogP contribution in [0.25, 0.3) is 16.3 Å². The fourth-order valence-corrected chi connectivity index (χ4v) is 2.51. The van der Waals surface area contributed by atoms with Crippen LogP contribution < -0.4 is 5.73 Å². The lowest BCUT2D eigenvalue weighted by molar-refractivity contribution is 0.972. The van der Waals surface area contributed by atoms with Crippen LogP contribution in [0, 0.1) is 0 Å². The molecule has 1 aromatic carbocycles. The number of aromatic nitrogens is 4. The fourth-order valence-electron chi connectivity index (χ4n) is 1.44. The second kappa shape index (κ2) is 3.53. The van der Waals surface area contributed by atoms with Gasteiger partial charge in [-0.25, -0.2) is 0 Å². The summed E-state index contributed by atoms with van der Waals surface area (Å²) in [4.78, 5) is 0.697. The summed E-state index contributed by atoms with van der Waals surface area (Å²) in [5, 5.41) is 12.8. The molecule has 0 saturated carbocycles. The van der Waals surface area contributed by atoms with E-state index in [1.807, 2.05) is 24.3 Å². The minimum absolute atomic E-state index is 0.484. The lowest BCUT2D eigenvalue weighted by atomic mass is 10.2. The van der Waals surface area contributed by atoms with Crippen molar-refractivity contribution in [1.29, 1.82) is 0 Å². The highest BCUT2D eigenvalue weighted by molar-refractivity contribution is 9.10. The number of nitrogens with zero attached hydrogens (tertiary/aromatic N) is 4. The van der Waals surface area contributed by atoms with Gasteiger partial charge in [-0.1, -0.05) is 39.4 Å². The van der Waals surface area contributed by atoms with Crippen LogP contribution in [-0.2, 0) is 0 Å². The Morgan fingerprint density at radius 1 is 1.25 bits per heavy atom. The Labute approximate surface area is 103 Å². The zero-order valence-corrected chi connectivity index (χ0v) is 10.4. The summed E-state index contributed by atoms with van der Waals surface area (Å²) in [6.07, 6.45) is 0. The topological polar surface area (TPSA) is 69.1 Å². The van der Waals surface area contributed by atoms with E-state index in [-0.39, 0.29) is 0 Å². The average molecular weight is 296 g/mol. The van der Waals surface area contributed by atoms with Crippen LogP contribution in [0.1, 0.15) is 0 Å². The molecule has 80 valence electrons. The summed E-state index contributed by atoms with van der Waals surface area (Å²) in [5.41, 5.74) is 6.57. The molecule has 2 heterocycles. The van der Waals surface area contributed by atoms with Crippen LogP contribution in [0.2, 0.25) is 0 Å². The molecule has 3 rings (SSSR count). The molecule has 0 bridgehead atoms. The summed E-state index contributed by atoms with van der Waals surface area (Å²) in [7, 11) is 0. The standard InChI is InChI=1S/C9H6BrN5S/c10-6-4-2-1-3-5(6)7-12-13-9-15(7)14-8(11)16-9/h1-4H,(H2,11,14). The van der Waals surface area contributed by atoms with Crippen molar-refractivity contribution in [3.63, 3.8) is 0 Å². The number of fused-ring (bicyclic) bond motifs is 1. The van der Waals surface area contributed by atoms with E-state index in [1.165, 1.54) is 11.3 Å². The average Bonchev–Trinajstić information content (AvgIpc) is 2.78. The van der Waals surface area contributed by atoms with E-state index in [9.17, 15) is 0 Å². The molecule has 16 heavy (non-hydrogen) atoms. The Hall–Kier alpha value is -1.47. The molecular weight excluding hydrogens is 290 g/mol. The minimum Gasteiger partial charge on any atom is -0.374 e. The highest BCUT2D eigenvalue weighted by Crippen LogP contribution is 2.28. The van der Waals surface area contributed by atoms with Crippen LogP contribution in [0.4, 0.5) is 5.13 Å². The molecule has 3 aromatic rings. The molecule has 0 atom stereocenters. The highest BCUT2D eigenvalue weighted by Gasteiger charge is 2.13. The number of hydrogen-bond donors (Lipinski definition) is 1. The second-order valence-corrected chi connectivity index (χ2v) is 4.98. The molecular formula is C9H6BrN5S. The van der Waals surface area contributed by atoms with Crippen LogP contribution in [0.3, 0.4) is 0 Å². The van der Waals surface area contributed by atoms with E-state index in [1.54, 1.807) is 4.52 Å². The zero-order chi connectivity index (χ0) is 11.1. The third kappa shape index (κ3) is 1.40. The van der Waals surface area contributed by atoms with Gasteiger partial charge in [0.1, 0.15) is 0 Å². The lowest BCUT2D eigenvalue weighted by Gasteiger charge is -1.99. The first kappa shape index (κ1) is 9.73. The molecule has 0 fully saturated rings. The summed E-state index contributed by atoms with van der Waals surface area (Å²) in [6.45, 7) is 0. The molecule has 0 saturated heterocycles. The van der Waals surface area contributed by atoms with Crippen LogP contribution >= 0.6 is 27.3 Å². The first-order valence-electron chi connectivity index (χ1n) is 4.48. The van der Waals surface area contributed by atoms with E-state index in [2.05, 4.69) is 31.2 Å². The van der Waals surface area contributed by atoms with Gasteiger partial charge < -0.3 is 5.73 Å². The van der Waals surface area contributed by atoms with Gasteiger partial charge in [0.15, 0.2) is 5.82 Å². The zero-order valence-electron chi connectivity index (χ0n) is 7.96. The molecule has 0 aliphatic rings. The number of halogens is 1. The minimum atomic E-state index is 0.484. The first-order valence-corrected chi connectivity index (χ1v) is 6.09. The third-order valence-electron chi connectivity index (χ3n) is 2.12. The number of benzene rings is 1. The van der Waals surface area contributed by atoms with Crippen molar-refractivity contribution in [1.82, 2.24) is 19.8 Å². The van der Waals surface area contributed by atoms with Gasteiger partial charge in [0.2, 0.25) is 10.1 Å². The van der Waals surface area contributed by atoms with Gasteiger partial charge in [0.25, 0.3) is 0 Å². The van der Waals surface area contributed by atoms with E-state index in [0.29, 0.717) is 15.9 Å². The summed E-state index contributed by atoms with van der Waals surface area (Å²) < 4.78 is 2.61. The monoisotopic (exact) mass is 295 g/mol. The molecule has 2 aromatic heterocycles. The maximum Gasteiger partial charge on any atom is 0.236 e. The van der Waals surface area contributed by atoms with Crippen molar-refractivity contribution in [2.24, 2.45) is 0 Å². The van der Waals surface area contributed by atoms with Crippen molar-refractivity contribution in [3.8, 4) is 11.4 Å². The predicted octanol–water partition coefficient (Wildman–Crippen LogP) is 2.20. The number of nitrogens with two attached hydrogens (primary N) is 1. The quantitative estimate of drug-likeness (QED) is 0.747. The van der Waals surface area contributed by atoms with Gasteiger partial charge in [0, 0.05) is 10.0 Å². The largest absolute Gasteiger partial charge is 0.374 e. The van der Waals surface area contributed by atoms with E-state index >= 15 is 0 Å². The van der Waals surface area contributed by atoms with Gasteiger partial charge in [-0.2, -0.15) is 4.52 Å². The summed E-state index contributed by atoms with van der Waals surface area (Å²) in [6, 6.07) is 7.79. The van der Waals surface area contributed by atoms with Gasteiger partial charge in [-0.15, -0.1) is 15.3 Å². The third-order valence-corrected chi connectivity index (χ3v) is 3.54. The number of nitrogen functional groups attached to an aromatic ring is 1. The van der Waals surface area contributed by atoms with Crippen molar-refractivity contribution in [2.45, 2.75) is 0 Å². The Kier molecular flexibility index (Phi) is 2.15. The summed E-state index contributed by atoms with van der Waals surface area (Å²) in [5.74, 6) is 0.690. The second-order valence-electron chi connectivity index (χ2n) is 3.14. The van der Waals surface area contributed by atoms with Gasteiger partial charge in [-0.05, 0) is 12.1 Å². The molecule has 0 radical (unpaired) electrons. The van der Waals surface area contributed by atoms with Crippen LogP contribution in [-0.4, -0.2) is 19.8 Å². The Morgan fingerprint density at radius 2 is 2.06 bits per heavy atom. The molecule has 0 aliphatic carbocycles. The molecule has 0 unspecified atom stereocenters. The van der Waals surface area contributed by atoms with E-state index in [0.717, 1.165) is 10.0 Å². The Bertz CT molecular complexity index is 659. The van der Waals surface area contributed by atoms with Gasteiger partial charge >= 0.3 is 0 Å². The Balaban J connectivity index is 2.30. The van der Waals surface area contributed by atoms with Crippen LogP contribution in [0.15, 0.2) is 28.7 Å². The number of hydrogen-bond acceptors (Lipinski definition) is 5. The molecule has 0 amide bonds.